The van der Waals surface area contributed by atoms with Crippen LogP contribution < -0.4 is 0 Å². The van der Waals surface area contributed by atoms with Gasteiger partial charge in [0.05, 0.1) is 6.54 Å². The fraction of sp³-hybridized carbons (Fsp3) is 0.667. The van der Waals surface area contributed by atoms with Crippen LogP contribution in [-0.4, -0.2) is 33.6 Å². The molecule has 1 saturated heterocycles. The molecule has 21 heavy (non-hydrogen) atoms. The smallest absolute Gasteiger partial charge is 0.358 e. The van der Waals surface area contributed by atoms with E-state index in [9.17, 15) is 9.59 Å². The van der Waals surface area contributed by atoms with Crippen LogP contribution in [0.4, 0.5) is 0 Å². The molecule has 1 fully saturated rings. The van der Waals surface area contributed by atoms with E-state index in [2.05, 4.69) is 25.9 Å². The van der Waals surface area contributed by atoms with Gasteiger partial charge >= 0.3 is 5.97 Å². The number of rotatable bonds is 3. The Kier molecular flexibility index (Phi) is 4.34. The van der Waals surface area contributed by atoms with Gasteiger partial charge in [0.2, 0.25) is 5.91 Å². The van der Waals surface area contributed by atoms with Gasteiger partial charge in [0.1, 0.15) is 0 Å². The average Bonchev–Trinajstić information content (AvgIpc) is 2.76. The Morgan fingerprint density at radius 2 is 2.19 bits per heavy atom. The molecule has 1 aliphatic heterocycles. The van der Waals surface area contributed by atoms with Crippen molar-refractivity contribution in [1.29, 1.82) is 0 Å². The first-order valence-electron chi connectivity index (χ1n) is 7.24. The first-order valence-corrected chi connectivity index (χ1v) is 7.24. The standard InChI is InChI=1S/C15H22N2O4/c1-15(2,3)10-4-5-13(18)17(7-6-10)9-11-8-12(14(19)20)16-21-11/h8,10H,4-7,9H2,1-3H3,(H,19,20). The number of nitrogens with zero attached hydrogens (tertiary/aromatic N) is 2. The number of hydrogen-bond donors (Lipinski definition) is 1. The Labute approximate surface area is 124 Å². The van der Waals surface area contributed by atoms with Crippen molar-refractivity contribution in [2.75, 3.05) is 6.54 Å². The predicted octanol–water partition coefficient (Wildman–Crippen LogP) is 2.55. The van der Waals surface area contributed by atoms with Crippen LogP contribution in [0, 0.1) is 11.3 Å². The van der Waals surface area contributed by atoms with Gasteiger partial charge in [-0.05, 0) is 24.2 Å². The molecule has 1 atom stereocenters. The molecule has 2 heterocycles. The highest BCUT2D eigenvalue weighted by molar-refractivity contribution is 5.85. The van der Waals surface area contributed by atoms with Gasteiger partial charge in [0.15, 0.2) is 11.5 Å². The Balaban J connectivity index is 2.02. The van der Waals surface area contributed by atoms with Crippen LogP contribution in [0.3, 0.4) is 0 Å². The number of aromatic nitrogens is 1. The van der Waals surface area contributed by atoms with Crippen LogP contribution in [-0.2, 0) is 11.3 Å². The van der Waals surface area contributed by atoms with Crippen molar-refractivity contribution in [2.45, 2.75) is 46.6 Å². The topological polar surface area (TPSA) is 83.6 Å². The molecule has 0 bridgehead atoms. The third kappa shape index (κ3) is 3.83. The number of hydrogen-bond acceptors (Lipinski definition) is 4. The summed E-state index contributed by atoms with van der Waals surface area (Å²) in [6, 6.07) is 1.38. The Hall–Kier alpha value is -1.85. The van der Waals surface area contributed by atoms with Gasteiger partial charge in [-0.15, -0.1) is 0 Å². The molecule has 0 aromatic carbocycles. The van der Waals surface area contributed by atoms with E-state index in [-0.39, 0.29) is 23.6 Å². The van der Waals surface area contributed by atoms with Crippen LogP contribution in [0.25, 0.3) is 0 Å². The second kappa shape index (κ2) is 5.87. The summed E-state index contributed by atoms with van der Waals surface area (Å²) < 4.78 is 4.99. The molecule has 1 amide bonds. The average molecular weight is 294 g/mol. The molecule has 6 heteroatoms. The van der Waals surface area contributed by atoms with E-state index in [0.29, 0.717) is 24.6 Å². The summed E-state index contributed by atoms with van der Waals surface area (Å²) in [5, 5.41) is 12.3. The second-order valence-corrected chi connectivity index (χ2v) is 6.69. The van der Waals surface area contributed by atoms with E-state index in [0.717, 1.165) is 12.8 Å². The third-order valence-electron chi connectivity index (χ3n) is 4.16. The van der Waals surface area contributed by atoms with E-state index in [1.807, 2.05) is 0 Å². The number of carbonyl (C=O) groups excluding carboxylic acids is 1. The molecular weight excluding hydrogens is 272 g/mol. The largest absolute Gasteiger partial charge is 0.476 e. The maximum absolute atomic E-state index is 12.2. The van der Waals surface area contributed by atoms with Crippen LogP contribution in [0.1, 0.15) is 56.3 Å². The summed E-state index contributed by atoms with van der Waals surface area (Å²) in [5.74, 6) is -0.110. The summed E-state index contributed by atoms with van der Waals surface area (Å²) in [7, 11) is 0. The number of amides is 1. The maximum Gasteiger partial charge on any atom is 0.358 e. The molecule has 0 spiro atoms. The van der Waals surface area contributed by atoms with E-state index in [1.165, 1.54) is 6.07 Å². The van der Waals surface area contributed by atoms with E-state index in [1.54, 1.807) is 4.90 Å². The van der Waals surface area contributed by atoms with Crippen LogP contribution in [0.2, 0.25) is 0 Å². The fourth-order valence-corrected chi connectivity index (χ4v) is 2.75. The van der Waals surface area contributed by atoms with Gasteiger partial charge < -0.3 is 14.5 Å². The van der Waals surface area contributed by atoms with E-state index in [4.69, 9.17) is 9.63 Å². The molecule has 1 N–H and O–H groups in total. The summed E-state index contributed by atoms with van der Waals surface area (Å²) in [4.78, 5) is 24.7. The first-order chi connectivity index (χ1) is 9.77. The zero-order valence-electron chi connectivity index (χ0n) is 12.8. The molecule has 1 aromatic heterocycles. The SMILES string of the molecule is CC(C)(C)C1CCC(=O)N(Cc2cc(C(=O)O)no2)CC1. The summed E-state index contributed by atoms with van der Waals surface area (Å²) in [6.07, 6.45) is 2.38. The number of carbonyl (C=O) groups is 2. The first kappa shape index (κ1) is 15.5. The lowest BCUT2D eigenvalue weighted by atomic mass is 9.77. The zero-order valence-corrected chi connectivity index (χ0v) is 12.8. The van der Waals surface area contributed by atoms with Crippen molar-refractivity contribution < 1.29 is 19.2 Å². The van der Waals surface area contributed by atoms with Crippen molar-refractivity contribution >= 4 is 11.9 Å². The lowest BCUT2D eigenvalue weighted by Crippen LogP contribution is -2.30. The van der Waals surface area contributed by atoms with E-state index < -0.39 is 5.97 Å². The fourth-order valence-electron chi connectivity index (χ4n) is 2.75. The van der Waals surface area contributed by atoms with Crippen molar-refractivity contribution in [3.05, 3.63) is 17.5 Å². The molecule has 0 radical (unpaired) electrons. The zero-order chi connectivity index (χ0) is 15.6. The third-order valence-corrected chi connectivity index (χ3v) is 4.16. The van der Waals surface area contributed by atoms with Gasteiger partial charge in [-0.25, -0.2) is 4.79 Å². The maximum atomic E-state index is 12.2. The van der Waals surface area contributed by atoms with Crippen molar-refractivity contribution in [3.63, 3.8) is 0 Å². The Bertz CT molecular complexity index is 530. The van der Waals surface area contributed by atoms with Crippen molar-refractivity contribution in [3.8, 4) is 0 Å². The minimum Gasteiger partial charge on any atom is -0.476 e. The number of aromatic carboxylic acids is 1. The van der Waals surface area contributed by atoms with Gasteiger partial charge in [-0.1, -0.05) is 25.9 Å². The summed E-state index contributed by atoms with van der Waals surface area (Å²) in [6.45, 7) is 7.56. The van der Waals surface area contributed by atoms with Crippen LogP contribution >= 0.6 is 0 Å². The highest BCUT2D eigenvalue weighted by Gasteiger charge is 2.30. The lowest BCUT2D eigenvalue weighted by Gasteiger charge is -2.29. The Morgan fingerprint density at radius 1 is 1.48 bits per heavy atom. The minimum atomic E-state index is -1.13. The number of carboxylic acids is 1. The molecule has 2 rings (SSSR count). The molecule has 0 aliphatic carbocycles. The summed E-state index contributed by atoms with van der Waals surface area (Å²) >= 11 is 0. The monoisotopic (exact) mass is 294 g/mol. The number of likely N-dealkylation sites (tertiary alicyclic amines) is 1. The quantitative estimate of drug-likeness (QED) is 0.926. The van der Waals surface area contributed by atoms with E-state index >= 15 is 0 Å². The number of carboxylic acid groups (broad SMARTS) is 1. The minimum absolute atomic E-state index is 0.0926. The Morgan fingerprint density at radius 3 is 2.76 bits per heavy atom. The molecular formula is C15H22N2O4. The highest BCUT2D eigenvalue weighted by atomic mass is 16.5. The van der Waals surface area contributed by atoms with Crippen molar-refractivity contribution in [1.82, 2.24) is 10.1 Å². The molecule has 1 unspecified atom stereocenters. The van der Waals surface area contributed by atoms with Crippen molar-refractivity contribution in [2.24, 2.45) is 11.3 Å². The molecule has 6 nitrogen and oxygen atoms in total. The van der Waals surface area contributed by atoms with Crippen LogP contribution in [0.15, 0.2) is 10.6 Å². The molecule has 1 aliphatic rings. The molecule has 0 saturated carbocycles. The normalized spacial score (nSPS) is 20.4. The lowest BCUT2D eigenvalue weighted by molar-refractivity contribution is -0.131. The van der Waals surface area contributed by atoms with Gasteiger partial charge in [-0.3, -0.25) is 4.79 Å². The van der Waals surface area contributed by atoms with Gasteiger partial charge in [-0.2, -0.15) is 0 Å². The molecule has 116 valence electrons. The second-order valence-electron chi connectivity index (χ2n) is 6.69. The predicted molar refractivity (Wildman–Crippen MR) is 75.7 cm³/mol. The summed E-state index contributed by atoms with van der Waals surface area (Å²) in [5.41, 5.74) is 0.0683. The highest BCUT2D eigenvalue weighted by Crippen LogP contribution is 2.34. The van der Waals surface area contributed by atoms with Crippen LogP contribution in [0.5, 0.6) is 0 Å². The van der Waals surface area contributed by atoms with Gasteiger partial charge in [0, 0.05) is 19.0 Å². The van der Waals surface area contributed by atoms with Gasteiger partial charge in [0.25, 0.3) is 0 Å². The molecule has 1 aromatic rings.